The molecular weight excluding hydrogens is 255 g/mol. The number of pyridine rings is 1. The molecule has 0 fully saturated rings. The summed E-state index contributed by atoms with van der Waals surface area (Å²) in [6.45, 7) is 0.435. The third kappa shape index (κ3) is 3.11. The van der Waals surface area contributed by atoms with E-state index in [-0.39, 0.29) is 5.82 Å². The summed E-state index contributed by atoms with van der Waals surface area (Å²) in [7, 11) is 1.56. The maximum atomic E-state index is 13.1. The fourth-order valence-electron chi connectivity index (χ4n) is 1.48. The number of methoxy groups -OCH3 is 1. The molecule has 0 radical (unpaired) electrons. The third-order valence-corrected chi connectivity index (χ3v) is 2.80. The van der Waals surface area contributed by atoms with E-state index in [4.69, 9.17) is 16.3 Å². The van der Waals surface area contributed by atoms with Gasteiger partial charge in [-0.1, -0.05) is 11.6 Å². The van der Waals surface area contributed by atoms with Crippen LogP contribution in [0.15, 0.2) is 36.5 Å². The average Bonchev–Trinajstić information content (AvgIpc) is 2.40. The molecule has 2 aromatic rings. The van der Waals surface area contributed by atoms with Crippen LogP contribution in [-0.4, -0.2) is 12.1 Å². The summed E-state index contributed by atoms with van der Waals surface area (Å²) in [6, 6.07) is 7.86. The normalized spacial score (nSPS) is 10.2. The summed E-state index contributed by atoms with van der Waals surface area (Å²) < 4.78 is 18.0. The van der Waals surface area contributed by atoms with Crippen molar-refractivity contribution in [2.45, 2.75) is 6.54 Å². The third-order valence-electron chi connectivity index (χ3n) is 2.44. The number of ether oxygens (including phenoxy) is 1. The summed E-state index contributed by atoms with van der Waals surface area (Å²) in [6.07, 6.45) is 1.64. The minimum absolute atomic E-state index is 0.302. The van der Waals surface area contributed by atoms with E-state index >= 15 is 0 Å². The van der Waals surface area contributed by atoms with Crippen molar-refractivity contribution in [1.82, 2.24) is 4.98 Å². The van der Waals surface area contributed by atoms with Gasteiger partial charge in [-0.15, -0.1) is 0 Å². The number of aromatic nitrogens is 1. The molecule has 5 heteroatoms. The summed E-state index contributed by atoms with van der Waals surface area (Å²) in [4.78, 5) is 4.06. The zero-order valence-corrected chi connectivity index (χ0v) is 10.5. The number of halogens is 2. The van der Waals surface area contributed by atoms with Crippen molar-refractivity contribution < 1.29 is 9.13 Å². The van der Waals surface area contributed by atoms with Crippen molar-refractivity contribution in [2.75, 3.05) is 12.4 Å². The quantitative estimate of drug-likeness (QED) is 0.920. The maximum Gasteiger partial charge on any atom is 0.213 e. The van der Waals surface area contributed by atoms with Crippen molar-refractivity contribution in [3.05, 3.63) is 52.9 Å². The zero-order valence-electron chi connectivity index (χ0n) is 9.78. The first-order chi connectivity index (χ1) is 8.69. The van der Waals surface area contributed by atoms with Gasteiger partial charge in [-0.25, -0.2) is 9.37 Å². The van der Waals surface area contributed by atoms with Gasteiger partial charge < -0.3 is 10.1 Å². The lowest BCUT2D eigenvalue weighted by Gasteiger charge is -2.08. The van der Waals surface area contributed by atoms with Crippen LogP contribution >= 0.6 is 11.6 Å². The van der Waals surface area contributed by atoms with Crippen LogP contribution in [-0.2, 0) is 6.54 Å². The first-order valence-corrected chi connectivity index (χ1v) is 5.74. The first kappa shape index (κ1) is 12.6. The Morgan fingerprint density at radius 2 is 2.17 bits per heavy atom. The number of benzene rings is 1. The molecule has 0 aliphatic rings. The van der Waals surface area contributed by atoms with Crippen LogP contribution in [0.4, 0.5) is 10.1 Å². The van der Waals surface area contributed by atoms with Crippen LogP contribution in [0.2, 0.25) is 5.02 Å². The van der Waals surface area contributed by atoms with E-state index in [2.05, 4.69) is 10.3 Å². The van der Waals surface area contributed by atoms with Crippen molar-refractivity contribution in [2.24, 2.45) is 0 Å². The Kier molecular flexibility index (Phi) is 3.99. The molecule has 3 nitrogen and oxygen atoms in total. The molecular formula is C13H12ClFN2O. The monoisotopic (exact) mass is 266 g/mol. The van der Waals surface area contributed by atoms with E-state index in [1.807, 2.05) is 6.07 Å². The molecule has 0 saturated heterocycles. The molecule has 1 N–H and O–H groups in total. The van der Waals surface area contributed by atoms with Crippen LogP contribution in [0.5, 0.6) is 5.88 Å². The molecule has 18 heavy (non-hydrogen) atoms. The van der Waals surface area contributed by atoms with Crippen LogP contribution in [0.1, 0.15) is 5.56 Å². The van der Waals surface area contributed by atoms with Gasteiger partial charge in [-0.2, -0.15) is 0 Å². The molecule has 0 amide bonds. The zero-order chi connectivity index (χ0) is 13.0. The number of anilines is 1. The number of rotatable bonds is 4. The van der Waals surface area contributed by atoms with Gasteiger partial charge in [-0.3, -0.25) is 0 Å². The fourth-order valence-corrected chi connectivity index (χ4v) is 1.67. The highest BCUT2D eigenvalue weighted by molar-refractivity contribution is 6.31. The second-order valence-corrected chi connectivity index (χ2v) is 4.09. The molecule has 0 atom stereocenters. The Morgan fingerprint density at radius 1 is 1.33 bits per heavy atom. The van der Waals surface area contributed by atoms with Gasteiger partial charge in [0.25, 0.3) is 0 Å². The van der Waals surface area contributed by atoms with Crippen LogP contribution in [0.3, 0.4) is 0 Å². The SMILES string of the molecule is COc1ccc(NCc2cc(F)ccc2Cl)cn1. The molecule has 1 aromatic heterocycles. The van der Waals surface area contributed by atoms with Crippen molar-refractivity contribution in [3.8, 4) is 5.88 Å². The number of nitrogens with one attached hydrogen (secondary N) is 1. The van der Waals surface area contributed by atoms with E-state index in [1.54, 1.807) is 25.4 Å². The van der Waals surface area contributed by atoms with Gasteiger partial charge >= 0.3 is 0 Å². The molecule has 0 saturated carbocycles. The molecule has 0 unspecified atom stereocenters. The minimum atomic E-state index is -0.302. The summed E-state index contributed by atoms with van der Waals surface area (Å²) in [5, 5.41) is 3.64. The molecule has 0 aliphatic carbocycles. The smallest absolute Gasteiger partial charge is 0.213 e. The van der Waals surface area contributed by atoms with Gasteiger partial charge in [0.1, 0.15) is 5.82 Å². The molecule has 1 heterocycles. The largest absolute Gasteiger partial charge is 0.481 e. The lowest BCUT2D eigenvalue weighted by molar-refractivity contribution is 0.398. The van der Waals surface area contributed by atoms with Crippen molar-refractivity contribution in [3.63, 3.8) is 0 Å². The average molecular weight is 267 g/mol. The maximum absolute atomic E-state index is 13.1. The van der Waals surface area contributed by atoms with E-state index < -0.39 is 0 Å². The number of hydrogen-bond donors (Lipinski definition) is 1. The highest BCUT2D eigenvalue weighted by atomic mass is 35.5. The number of hydrogen-bond acceptors (Lipinski definition) is 3. The Bertz CT molecular complexity index is 531. The van der Waals surface area contributed by atoms with Gasteiger partial charge in [-0.05, 0) is 29.8 Å². The Morgan fingerprint density at radius 3 is 2.83 bits per heavy atom. The Hall–Kier alpha value is -1.81. The van der Waals surface area contributed by atoms with E-state index in [9.17, 15) is 4.39 Å². The second kappa shape index (κ2) is 5.69. The fraction of sp³-hybridized carbons (Fsp3) is 0.154. The minimum Gasteiger partial charge on any atom is -0.481 e. The Labute approximate surface area is 110 Å². The summed E-state index contributed by atoms with van der Waals surface area (Å²) in [5.74, 6) is 0.244. The predicted octanol–water partition coefficient (Wildman–Crippen LogP) is 3.49. The highest BCUT2D eigenvalue weighted by Gasteiger charge is 2.02. The molecule has 0 aliphatic heterocycles. The van der Waals surface area contributed by atoms with Gasteiger partial charge in [0.15, 0.2) is 0 Å². The topological polar surface area (TPSA) is 34.1 Å². The predicted molar refractivity (Wildman–Crippen MR) is 69.5 cm³/mol. The molecule has 2 rings (SSSR count). The van der Waals surface area contributed by atoms with Crippen molar-refractivity contribution >= 4 is 17.3 Å². The van der Waals surface area contributed by atoms with Gasteiger partial charge in [0.05, 0.1) is 19.0 Å². The molecule has 94 valence electrons. The summed E-state index contributed by atoms with van der Waals surface area (Å²) in [5.41, 5.74) is 1.52. The van der Waals surface area contributed by atoms with Crippen LogP contribution in [0.25, 0.3) is 0 Å². The van der Waals surface area contributed by atoms with Gasteiger partial charge in [0.2, 0.25) is 5.88 Å². The standard InChI is InChI=1S/C13H12ClFN2O/c1-18-13-5-3-11(8-17-13)16-7-9-6-10(15)2-4-12(9)14/h2-6,8,16H,7H2,1H3. The molecule has 0 spiro atoms. The van der Waals surface area contributed by atoms with Crippen LogP contribution < -0.4 is 10.1 Å². The second-order valence-electron chi connectivity index (χ2n) is 3.68. The van der Waals surface area contributed by atoms with E-state index in [0.717, 1.165) is 5.69 Å². The molecule has 1 aromatic carbocycles. The lowest BCUT2D eigenvalue weighted by atomic mass is 10.2. The Balaban J connectivity index is 2.04. The first-order valence-electron chi connectivity index (χ1n) is 5.37. The summed E-state index contributed by atoms with van der Waals surface area (Å²) >= 11 is 5.97. The van der Waals surface area contributed by atoms with Crippen LogP contribution in [0, 0.1) is 5.82 Å². The number of nitrogens with zero attached hydrogens (tertiary/aromatic N) is 1. The lowest BCUT2D eigenvalue weighted by Crippen LogP contribution is -2.01. The van der Waals surface area contributed by atoms with Gasteiger partial charge in [0, 0.05) is 17.6 Å². The highest BCUT2D eigenvalue weighted by Crippen LogP contribution is 2.19. The van der Waals surface area contributed by atoms with E-state index in [0.29, 0.717) is 23.0 Å². The van der Waals surface area contributed by atoms with Crippen molar-refractivity contribution in [1.29, 1.82) is 0 Å². The molecule has 0 bridgehead atoms. The van der Waals surface area contributed by atoms with E-state index in [1.165, 1.54) is 12.1 Å².